The van der Waals surface area contributed by atoms with Crippen LogP contribution in [0.1, 0.15) is 56.3 Å². The summed E-state index contributed by atoms with van der Waals surface area (Å²) in [5, 5.41) is 7.86. The summed E-state index contributed by atoms with van der Waals surface area (Å²) in [5.74, 6) is 1.64. The highest BCUT2D eigenvalue weighted by Gasteiger charge is 2.07. The van der Waals surface area contributed by atoms with Crippen LogP contribution in [0.2, 0.25) is 0 Å². The van der Waals surface area contributed by atoms with E-state index in [0.29, 0.717) is 6.54 Å². The van der Waals surface area contributed by atoms with Crippen molar-refractivity contribution >= 4 is 17.3 Å². The Bertz CT molecular complexity index is 414. The number of thiazole rings is 1. The quantitative estimate of drug-likeness (QED) is 0.540. The molecule has 0 aliphatic carbocycles. The van der Waals surface area contributed by atoms with Crippen molar-refractivity contribution in [1.29, 1.82) is 0 Å². The fourth-order valence-electron chi connectivity index (χ4n) is 2.15. The Morgan fingerprint density at radius 3 is 2.71 bits per heavy atom. The van der Waals surface area contributed by atoms with E-state index in [1.54, 1.807) is 11.3 Å². The third-order valence-electron chi connectivity index (χ3n) is 3.49. The molecule has 120 valence electrons. The van der Waals surface area contributed by atoms with E-state index in [2.05, 4.69) is 48.3 Å². The fourth-order valence-corrected chi connectivity index (χ4v) is 2.86. The standard InChI is InChI=1S/C16H30N4S/c1-5-8-9-14(6-2)11-19-16(17-7-3)20-12-15-18-10-13(4)21-15/h10,14H,5-9,11-12H2,1-4H3,(H2,17,19,20). The number of hydrogen-bond donors (Lipinski definition) is 2. The normalized spacial score (nSPS) is 13.2. The minimum absolute atomic E-state index is 0.652. The van der Waals surface area contributed by atoms with Crippen molar-refractivity contribution in [3.05, 3.63) is 16.1 Å². The topological polar surface area (TPSA) is 49.3 Å². The van der Waals surface area contributed by atoms with Crippen molar-refractivity contribution in [3.8, 4) is 0 Å². The molecule has 0 fully saturated rings. The van der Waals surface area contributed by atoms with E-state index in [4.69, 9.17) is 0 Å². The molecule has 0 aliphatic rings. The number of hydrogen-bond acceptors (Lipinski definition) is 3. The molecule has 0 amide bonds. The van der Waals surface area contributed by atoms with Gasteiger partial charge in [0, 0.05) is 24.2 Å². The van der Waals surface area contributed by atoms with Gasteiger partial charge in [0.15, 0.2) is 5.96 Å². The lowest BCUT2D eigenvalue weighted by Crippen LogP contribution is -2.39. The van der Waals surface area contributed by atoms with Crippen LogP contribution in [-0.2, 0) is 6.54 Å². The molecule has 0 spiro atoms. The van der Waals surface area contributed by atoms with Crippen molar-refractivity contribution in [2.75, 3.05) is 13.1 Å². The summed E-state index contributed by atoms with van der Waals surface area (Å²) in [7, 11) is 0. The number of rotatable bonds is 9. The largest absolute Gasteiger partial charge is 0.357 e. The van der Waals surface area contributed by atoms with Gasteiger partial charge in [0.2, 0.25) is 0 Å². The van der Waals surface area contributed by atoms with E-state index in [1.807, 2.05) is 6.20 Å². The van der Waals surface area contributed by atoms with Crippen LogP contribution in [-0.4, -0.2) is 24.0 Å². The van der Waals surface area contributed by atoms with Gasteiger partial charge in [-0.25, -0.2) is 9.98 Å². The highest BCUT2D eigenvalue weighted by Crippen LogP contribution is 2.12. The molecule has 1 rings (SSSR count). The molecule has 5 heteroatoms. The Morgan fingerprint density at radius 2 is 2.14 bits per heavy atom. The van der Waals surface area contributed by atoms with E-state index in [-0.39, 0.29) is 0 Å². The number of aryl methyl sites for hydroxylation is 1. The van der Waals surface area contributed by atoms with Crippen molar-refractivity contribution in [3.63, 3.8) is 0 Å². The van der Waals surface area contributed by atoms with Crippen LogP contribution in [0.4, 0.5) is 0 Å². The van der Waals surface area contributed by atoms with Gasteiger partial charge in [-0.1, -0.05) is 33.1 Å². The highest BCUT2D eigenvalue weighted by molar-refractivity contribution is 7.11. The average Bonchev–Trinajstić information content (AvgIpc) is 2.90. The van der Waals surface area contributed by atoms with Gasteiger partial charge >= 0.3 is 0 Å². The molecule has 1 aromatic heterocycles. The fraction of sp³-hybridized carbons (Fsp3) is 0.750. The van der Waals surface area contributed by atoms with Crippen LogP contribution < -0.4 is 10.6 Å². The Morgan fingerprint density at radius 1 is 1.33 bits per heavy atom. The molecular formula is C16H30N4S. The Labute approximate surface area is 133 Å². The molecular weight excluding hydrogens is 280 g/mol. The first-order valence-electron chi connectivity index (χ1n) is 8.13. The van der Waals surface area contributed by atoms with E-state index in [1.165, 1.54) is 30.6 Å². The van der Waals surface area contributed by atoms with Crippen molar-refractivity contribution < 1.29 is 0 Å². The zero-order valence-corrected chi connectivity index (χ0v) is 14.7. The molecule has 2 N–H and O–H groups in total. The molecule has 21 heavy (non-hydrogen) atoms. The van der Waals surface area contributed by atoms with Gasteiger partial charge in [0.05, 0.1) is 6.54 Å². The first kappa shape index (κ1) is 18.0. The van der Waals surface area contributed by atoms with E-state index >= 15 is 0 Å². The van der Waals surface area contributed by atoms with Crippen LogP contribution in [0.25, 0.3) is 0 Å². The van der Waals surface area contributed by atoms with E-state index in [0.717, 1.165) is 30.0 Å². The minimum Gasteiger partial charge on any atom is -0.357 e. The van der Waals surface area contributed by atoms with E-state index < -0.39 is 0 Å². The number of guanidine groups is 1. The summed E-state index contributed by atoms with van der Waals surface area (Å²) < 4.78 is 0. The van der Waals surface area contributed by atoms with Crippen molar-refractivity contribution in [1.82, 2.24) is 15.6 Å². The van der Waals surface area contributed by atoms with Crippen LogP contribution in [0.5, 0.6) is 0 Å². The lowest BCUT2D eigenvalue weighted by molar-refractivity contribution is 0.443. The first-order chi connectivity index (χ1) is 10.2. The van der Waals surface area contributed by atoms with Gasteiger partial charge < -0.3 is 10.6 Å². The van der Waals surface area contributed by atoms with Gasteiger partial charge in [-0.05, 0) is 26.2 Å². The molecule has 1 aromatic rings. The maximum Gasteiger partial charge on any atom is 0.191 e. The van der Waals surface area contributed by atoms with Crippen molar-refractivity contribution in [2.24, 2.45) is 10.9 Å². The highest BCUT2D eigenvalue weighted by atomic mass is 32.1. The summed E-state index contributed by atoms with van der Waals surface area (Å²) >= 11 is 1.71. The number of unbranched alkanes of at least 4 members (excludes halogenated alkanes) is 1. The average molecular weight is 311 g/mol. The third-order valence-corrected chi connectivity index (χ3v) is 4.38. The second kappa shape index (κ2) is 10.6. The third kappa shape index (κ3) is 7.46. The zero-order valence-electron chi connectivity index (χ0n) is 13.9. The summed E-state index contributed by atoms with van der Waals surface area (Å²) in [5.41, 5.74) is 0. The van der Waals surface area contributed by atoms with Crippen LogP contribution in [0.15, 0.2) is 11.2 Å². The molecule has 1 unspecified atom stereocenters. The smallest absolute Gasteiger partial charge is 0.191 e. The van der Waals surface area contributed by atoms with Gasteiger partial charge in [0.1, 0.15) is 5.01 Å². The molecule has 0 bridgehead atoms. The second-order valence-corrected chi connectivity index (χ2v) is 6.68. The van der Waals surface area contributed by atoms with Gasteiger partial charge in [-0.2, -0.15) is 0 Å². The number of nitrogens with one attached hydrogen (secondary N) is 2. The van der Waals surface area contributed by atoms with E-state index in [9.17, 15) is 0 Å². The summed E-state index contributed by atoms with van der Waals surface area (Å²) in [4.78, 5) is 10.2. The summed E-state index contributed by atoms with van der Waals surface area (Å²) in [6.45, 7) is 11.2. The molecule has 0 saturated carbocycles. The maximum atomic E-state index is 4.63. The van der Waals surface area contributed by atoms with Gasteiger partial charge in [-0.3, -0.25) is 0 Å². The van der Waals surface area contributed by atoms with Gasteiger partial charge in [-0.15, -0.1) is 11.3 Å². The minimum atomic E-state index is 0.652. The molecule has 0 aliphatic heterocycles. The molecule has 0 aromatic carbocycles. The molecule has 0 saturated heterocycles. The predicted octanol–water partition coefficient (Wildman–Crippen LogP) is 3.72. The molecule has 1 atom stereocenters. The van der Waals surface area contributed by atoms with Crippen LogP contribution >= 0.6 is 11.3 Å². The molecule has 0 radical (unpaired) electrons. The number of nitrogens with zero attached hydrogens (tertiary/aromatic N) is 2. The maximum absolute atomic E-state index is 4.63. The summed E-state index contributed by atoms with van der Waals surface area (Å²) in [6.07, 6.45) is 7.01. The SMILES string of the molecule is CCCCC(CC)CNC(=NCc1ncc(C)s1)NCC. The van der Waals surface area contributed by atoms with Crippen LogP contribution in [0.3, 0.4) is 0 Å². The molecule has 1 heterocycles. The Kier molecular flexibility index (Phi) is 9.06. The monoisotopic (exact) mass is 310 g/mol. The predicted molar refractivity (Wildman–Crippen MR) is 93.0 cm³/mol. The zero-order chi connectivity index (χ0) is 15.5. The molecule has 4 nitrogen and oxygen atoms in total. The van der Waals surface area contributed by atoms with Crippen molar-refractivity contribution in [2.45, 2.75) is 59.9 Å². The Balaban J connectivity index is 2.47. The lowest BCUT2D eigenvalue weighted by atomic mass is 9.99. The lowest BCUT2D eigenvalue weighted by Gasteiger charge is -2.17. The first-order valence-corrected chi connectivity index (χ1v) is 8.94. The Hall–Kier alpha value is -1.10. The number of aromatic nitrogens is 1. The second-order valence-electron chi connectivity index (χ2n) is 5.36. The van der Waals surface area contributed by atoms with Gasteiger partial charge in [0.25, 0.3) is 0 Å². The van der Waals surface area contributed by atoms with Crippen LogP contribution in [0, 0.1) is 12.8 Å². The number of aliphatic imine (C=N–C) groups is 1. The summed E-state index contributed by atoms with van der Waals surface area (Å²) in [6, 6.07) is 0.